The molecule has 3 aromatic rings. The van der Waals surface area contributed by atoms with Crippen molar-refractivity contribution < 1.29 is 56.8 Å². The van der Waals surface area contributed by atoms with Gasteiger partial charge < -0.3 is 24.3 Å². The van der Waals surface area contributed by atoms with Crippen LogP contribution < -0.4 is 9.47 Å². The number of halogens is 3. The molecule has 5 rings (SSSR count). The maximum Gasteiger partial charge on any atom is 0.586 e. The molecule has 0 saturated heterocycles. The van der Waals surface area contributed by atoms with Gasteiger partial charge in [-0.15, -0.1) is 8.78 Å². The van der Waals surface area contributed by atoms with Crippen molar-refractivity contribution in [1.29, 1.82) is 0 Å². The van der Waals surface area contributed by atoms with Crippen molar-refractivity contribution in [2.24, 2.45) is 0 Å². The van der Waals surface area contributed by atoms with Crippen LogP contribution in [0.3, 0.4) is 0 Å². The molecule has 2 aromatic carbocycles. The fraction of sp³-hybridized carbons (Fsp3) is 0.464. The van der Waals surface area contributed by atoms with E-state index in [1.165, 1.54) is 6.92 Å². The Bertz CT molecular complexity index is 2010. The maximum atomic E-state index is 16.3. The number of rotatable bonds is 9. The Morgan fingerprint density at radius 3 is 2.68 bits per heavy atom. The quantitative estimate of drug-likeness (QED) is 0.407. The minimum atomic E-state index is -4.27. The number of fused-ring (bicyclic) bond motifs is 2. The monoisotopic (exact) mass is 531 g/mol. The Kier molecular flexibility index (Phi) is 3.24. The van der Waals surface area contributed by atoms with E-state index in [-0.39, 0.29) is 17.4 Å². The Morgan fingerprint density at radius 1 is 1.30 bits per heavy atom. The number of aromatic nitrogens is 1. The molecule has 1 fully saturated rings. The summed E-state index contributed by atoms with van der Waals surface area (Å²) in [6.07, 6.45) is -10.2. The van der Waals surface area contributed by atoms with Gasteiger partial charge in [0.05, 0.1) is 45.1 Å². The number of nitrogens with zero attached hydrogens (tertiary/aromatic N) is 1. The number of hydrogen-bond acceptors (Lipinski definition) is 5. The van der Waals surface area contributed by atoms with Crippen LogP contribution in [0.5, 0.6) is 11.5 Å². The summed E-state index contributed by atoms with van der Waals surface area (Å²) in [7, 11) is 0. The summed E-state index contributed by atoms with van der Waals surface area (Å²) in [4.78, 5) is 13.9. The van der Waals surface area contributed by atoms with Crippen molar-refractivity contribution in [1.82, 2.24) is 4.57 Å². The van der Waals surface area contributed by atoms with Crippen LogP contribution in [0.4, 0.5) is 13.2 Å². The molecule has 2 atom stereocenters. The molecule has 0 radical (unpaired) electrons. The number of hydrogen-bond donors (Lipinski definition) is 2. The third kappa shape index (κ3) is 4.48. The molecule has 2 N–H and O–H groups in total. The van der Waals surface area contributed by atoms with Crippen LogP contribution in [-0.2, 0) is 28.5 Å². The topological polar surface area (TPSA) is 80.9 Å². The zero-order chi connectivity index (χ0) is 39.0. The molecule has 1 unspecified atom stereocenters. The van der Waals surface area contributed by atoms with Crippen LogP contribution in [0.2, 0.25) is 0 Å². The van der Waals surface area contributed by atoms with E-state index in [4.69, 9.17) is 19.2 Å². The Balaban J connectivity index is 1.77. The lowest BCUT2D eigenvalue weighted by Crippen LogP contribution is -2.26. The number of benzene rings is 2. The van der Waals surface area contributed by atoms with E-state index < -0.39 is 143 Å². The highest BCUT2D eigenvalue weighted by Gasteiger charge is 2.52. The molecule has 0 amide bonds. The number of aliphatic hydroxyl groups is 2. The van der Waals surface area contributed by atoms with Crippen molar-refractivity contribution in [3.8, 4) is 11.5 Å². The first-order valence-corrected chi connectivity index (χ1v) is 11.2. The zero-order valence-electron chi connectivity index (χ0n) is 33.5. The van der Waals surface area contributed by atoms with Gasteiger partial charge in [0.1, 0.15) is 11.6 Å². The molecule has 198 valence electrons. The van der Waals surface area contributed by atoms with E-state index in [9.17, 15) is 23.8 Å². The van der Waals surface area contributed by atoms with Crippen LogP contribution in [0.25, 0.3) is 10.9 Å². The highest BCUT2D eigenvalue weighted by Crippen LogP contribution is 2.52. The molecule has 2 aliphatic rings. The number of alkyl halides is 2. The summed E-state index contributed by atoms with van der Waals surface area (Å²) < 4.78 is 169. The summed E-state index contributed by atoms with van der Waals surface area (Å²) in [6.45, 7) is -8.83. The molecular formula is C28H30F3NO5. The van der Waals surface area contributed by atoms with Gasteiger partial charge in [-0.25, -0.2) is 4.39 Å². The largest absolute Gasteiger partial charge is 0.586 e. The SMILES string of the molecule is [2H]c1c([2H])c(C2(C(=O)Cc3c(F)c([2H])c4c(c3[2H])c([2H])c(C(C)(CC)C([2H])([2H])[2H])n4C([2H])([2H])[C@]([2H])(O)C([2H])([2H])O)CC2)c([2H])c2c1OC(F)(F)O2. The van der Waals surface area contributed by atoms with Gasteiger partial charge in [-0.05, 0) is 60.6 Å². The number of Topliss-reactive ketones (excluding diaryl/α,β-unsaturated/α-hetero) is 1. The van der Waals surface area contributed by atoms with Crippen molar-refractivity contribution in [3.05, 3.63) is 58.9 Å². The molecule has 1 aliphatic carbocycles. The van der Waals surface area contributed by atoms with Gasteiger partial charge in [0.2, 0.25) is 0 Å². The van der Waals surface area contributed by atoms with E-state index >= 15 is 4.39 Å². The predicted molar refractivity (Wildman–Crippen MR) is 131 cm³/mol. The van der Waals surface area contributed by atoms with E-state index in [0.29, 0.717) is 0 Å². The molecule has 1 saturated carbocycles. The lowest BCUT2D eigenvalue weighted by atomic mass is 9.86. The summed E-state index contributed by atoms with van der Waals surface area (Å²) in [5, 5.41) is 19.9. The molecule has 0 bridgehead atoms. The first-order valence-electron chi connectivity index (χ1n) is 18.2. The van der Waals surface area contributed by atoms with Crippen LogP contribution >= 0.6 is 0 Å². The van der Waals surface area contributed by atoms with Crippen molar-refractivity contribution in [2.45, 2.75) is 76.1 Å². The summed E-state index contributed by atoms with van der Waals surface area (Å²) in [5.74, 6) is -4.50. The fourth-order valence-electron chi connectivity index (χ4n) is 4.11. The van der Waals surface area contributed by atoms with Gasteiger partial charge in [-0.2, -0.15) is 0 Å². The Morgan fingerprint density at radius 2 is 2.03 bits per heavy atom. The zero-order valence-corrected chi connectivity index (χ0v) is 19.5. The second-order valence-electron chi connectivity index (χ2n) is 9.09. The van der Waals surface area contributed by atoms with Gasteiger partial charge >= 0.3 is 6.29 Å². The second kappa shape index (κ2) is 8.77. The molecular weight excluding hydrogens is 487 g/mol. The number of ketones is 1. The van der Waals surface area contributed by atoms with E-state index in [1.807, 2.05) is 0 Å². The minimum Gasteiger partial charge on any atom is -0.395 e. The predicted octanol–water partition coefficient (Wildman–Crippen LogP) is 4.99. The lowest BCUT2D eigenvalue weighted by Gasteiger charge is -2.26. The highest BCUT2D eigenvalue weighted by atomic mass is 19.3. The smallest absolute Gasteiger partial charge is 0.395 e. The van der Waals surface area contributed by atoms with Gasteiger partial charge in [-0.3, -0.25) is 4.79 Å². The fourth-order valence-corrected chi connectivity index (χ4v) is 4.11. The molecule has 9 heteroatoms. The summed E-state index contributed by atoms with van der Waals surface area (Å²) in [6, 6.07) is -6.04. The normalized spacial score (nSPS) is 27.0. The van der Waals surface area contributed by atoms with Crippen LogP contribution in [0, 0.1) is 5.82 Å². The Labute approximate surface area is 232 Å². The summed E-state index contributed by atoms with van der Waals surface area (Å²) >= 11 is 0. The first kappa shape index (κ1) is 13.7. The second-order valence-corrected chi connectivity index (χ2v) is 9.09. The van der Waals surface area contributed by atoms with Crippen molar-refractivity contribution in [3.63, 3.8) is 0 Å². The van der Waals surface area contributed by atoms with Gasteiger partial charge in [-0.1, -0.05) is 26.7 Å². The first-order chi connectivity index (χ1) is 23.0. The average molecular weight is 532 g/mol. The van der Waals surface area contributed by atoms with E-state index in [1.54, 1.807) is 0 Å². The van der Waals surface area contributed by atoms with Crippen LogP contribution in [0.15, 0.2) is 36.3 Å². The number of carbonyl (C=O) groups excluding carboxylic acids is 1. The molecule has 2 heterocycles. The minimum absolute atomic E-state index is 0.0515. The van der Waals surface area contributed by atoms with Crippen LogP contribution in [-0.4, -0.2) is 39.5 Å². The van der Waals surface area contributed by atoms with Crippen LogP contribution in [0.1, 0.15) is 76.0 Å². The third-order valence-electron chi connectivity index (χ3n) is 6.54. The van der Waals surface area contributed by atoms with Gasteiger partial charge in [0, 0.05) is 27.0 Å². The molecule has 6 nitrogen and oxygen atoms in total. The van der Waals surface area contributed by atoms with E-state index in [2.05, 4.69) is 9.47 Å². The highest BCUT2D eigenvalue weighted by molar-refractivity contribution is 5.95. The molecule has 0 spiro atoms. The number of ether oxygens (including phenoxy) is 2. The Hall–Kier alpha value is -3.04. The standard InChI is InChI=1S/C28H30F3NO5/c1-4-26(2,3)24-10-17-9-16(20(29)13-21(17)32(24)14-19(34)15-33)11-25(35)27(7-8-27)18-5-6-22-23(12-18)37-28(30,31)36-22/h5-6,9-10,12-13,19,33-34H,4,7-8,11,14-15H2,1-3H3/t19-/m0/s1/i2D3,5D,6D,9D,10D,12D,13D,14D2,15D2,19D/t19-,26?. The lowest BCUT2D eigenvalue weighted by molar-refractivity contribution is -0.286. The molecule has 1 aliphatic heterocycles. The summed E-state index contributed by atoms with van der Waals surface area (Å²) in [5.41, 5.74) is -7.53. The van der Waals surface area contributed by atoms with Crippen molar-refractivity contribution in [2.75, 3.05) is 6.56 Å². The molecule has 1 aromatic heterocycles. The maximum absolute atomic E-state index is 16.3. The van der Waals surface area contributed by atoms with Gasteiger partial charge in [0.15, 0.2) is 11.5 Å². The average Bonchev–Trinajstić information content (AvgIpc) is 3.63. The number of carbonyl (C=O) groups is 1. The van der Waals surface area contributed by atoms with Gasteiger partial charge in [0.25, 0.3) is 0 Å². The third-order valence-corrected chi connectivity index (χ3v) is 6.54. The van der Waals surface area contributed by atoms with E-state index in [0.717, 1.165) is 6.92 Å². The molecule has 37 heavy (non-hydrogen) atoms. The van der Waals surface area contributed by atoms with Crippen molar-refractivity contribution >= 4 is 16.7 Å².